The van der Waals surface area contributed by atoms with E-state index >= 15 is 0 Å². The van der Waals surface area contributed by atoms with Crippen LogP contribution in [0.2, 0.25) is 0 Å². The lowest BCUT2D eigenvalue weighted by Crippen LogP contribution is -2.31. The Kier molecular flexibility index (Phi) is 3.23. The summed E-state index contributed by atoms with van der Waals surface area (Å²) in [7, 11) is 0. The molecule has 2 rings (SSSR count). The number of aliphatic hydroxyl groups is 1. The maximum atomic E-state index is 9.85. The highest BCUT2D eigenvalue weighted by Gasteiger charge is 2.29. The Bertz CT molecular complexity index is 302. The lowest BCUT2D eigenvalue weighted by atomic mass is 10.2. The minimum atomic E-state index is -0.259. The molecule has 15 heavy (non-hydrogen) atoms. The van der Waals surface area contributed by atoms with Gasteiger partial charge in [-0.15, -0.1) is 0 Å². The standard InChI is InChI=1S/C12H18N2O/c1-2-14-8-11(12(15)9-14)13-10-6-4-3-5-7-10/h3-7,11-13,15H,2,8-9H2,1H3. The summed E-state index contributed by atoms with van der Waals surface area (Å²) >= 11 is 0. The number of nitrogens with zero attached hydrogens (tertiary/aromatic N) is 1. The monoisotopic (exact) mass is 206 g/mol. The smallest absolute Gasteiger partial charge is 0.0880 e. The van der Waals surface area contributed by atoms with Gasteiger partial charge in [-0.05, 0) is 18.7 Å². The number of aliphatic hydroxyl groups excluding tert-OH is 1. The van der Waals surface area contributed by atoms with E-state index in [2.05, 4.69) is 17.1 Å². The summed E-state index contributed by atoms with van der Waals surface area (Å²) in [6, 6.07) is 10.2. The van der Waals surface area contributed by atoms with E-state index < -0.39 is 0 Å². The van der Waals surface area contributed by atoms with Crippen molar-refractivity contribution in [3.05, 3.63) is 30.3 Å². The average molecular weight is 206 g/mol. The molecule has 1 aliphatic rings. The highest BCUT2D eigenvalue weighted by atomic mass is 16.3. The normalized spacial score (nSPS) is 26.8. The van der Waals surface area contributed by atoms with E-state index in [-0.39, 0.29) is 12.1 Å². The lowest BCUT2D eigenvalue weighted by Gasteiger charge is -2.17. The van der Waals surface area contributed by atoms with Gasteiger partial charge in [0.1, 0.15) is 0 Å². The number of β-amino-alcohol motifs (C(OH)–C–C–N with tert-alkyl or cyclic N) is 1. The van der Waals surface area contributed by atoms with Crippen LogP contribution in [0.3, 0.4) is 0 Å². The van der Waals surface area contributed by atoms with E-state index in [1.807, 2.05) is 30.3 Å². The van der Waals surface area contributed by atoms with Gasteiger partial charge in [-0.2, -0.15) is 0 Å². The molecule has 1 aromatic rings. The van der Waals surface area contributed by atoms with E-state index in [0.717, 1.165) is 25.3 Å². The van der Waals surface area contributed by atoms with Crippen molar-refractivity contribution in [3.63, 3.8) is 0 Å². The minimum absolute atomic E-state index is 0.160. The summed E-state index contributed by atoms with van der Waals surface area (Å²) in [6.07, 6.45) is -0.259. The Morgan fingerprint density at radius 2 is 2.07 bits per heavy atom. The minimum Gasteiger partial charge on any atom is -0.390 e. The molecule has 82 valence electrons. The van der Waals surface area contributed by atoms with Crippen LogP contribution in [0.4, 0.5) is 5.69 Å². The summed E-state index contributed by atoms with van der Waals surface area (Å²) in [5.41, 5.74) is 1.08. The Labute approximate surface area is 90.7 Å². The zero-order valence-corrected chi connectivity index (χ0v) is 9.06. The molecule has 0 amide bonds. The lowest BCUT2D eigenvalue weighted by molar-refractivity contribution is 0.171. The van der Waals surface area contributed by atoms with Gasteiger partial charge in [0, 0.05) is 18.8 Å². The number of para-hydroxylation sites is 1. The molecular formula is C12H18N2O. The topological polar surface area (TPSA) is 35.5 Å². The molecule has 0 bridgehead atoms. The Hall–Kier alpha value is -1.06. The highest BCUT2D eigenvalue weighted by Crippen LogP contribution is 2.15. The van der Waals surface area contributed by atoms with Crippen LogP contribution in [0.1, 0.15) is 6.92 Å². The number of hydrogen-bond donors (Lipinski definition) is 2. The molecule has 1 aromatic carbocycles. The molecule has 1 saturated heterocycles. The molecule has 0 radical (unpaired) electrons. The van der Waals surface area contributed by atoms with Crippen molar-refractivity contribution in [3.8, 4) is 0 Å². The number of likely N-dealkylation sites (N-methyl/N-ethyl adjacent to an activating group) is 1. The zero-order valence-electron chi connectivity index (χ0n) is 9.06. The molecular weight excluding hydrogens is 188 g/mol. The van der Waals surface area contributed by atoms with Gasteiger partial charge < -0.3 is 10.4 Å². The van der Waals surface area contributed by atoms with Gasteiger partial charge in [-0.25, -0.2) is 0 Å². The van der Waals surface area contributed by atoms with Crippen molar-refractivity contribution < 1.29 is 5.11 Å². The molecule has 0 aromatic heterocycles. The van der Waals surface area contributed by atoms with Gasteiger partial charge in [-0.1, -0.05) is 25.1 Å². The van der Waals surface area contributed by atoms with Gasteiger partial charge >= 0.3 is 0 Å². The zero-order chi connectivity index (χ0) is 10.7. The van der Waals surface area contributed by atoms with Crippen LogP contribution in [-0.4, -0.2) is 41.8 Å². The predicted molar refractivity (Wildman–Crippen MR) is 62.0 cm³/mol. The maximum absolute atomic E-state index is 9.85. The van der Waals surface area contributed by atoms with Gasteiger partial charge in [-0.3, -0.25) is 4.90 Å². The first-order valence-corrected chi connectivity index (χ1v) is 5.51. The van der Waals surface area contributed by atoms with Gasteiger partial charge in [0.25, 0.3) is 0 Å². The first-order chi connectivity index (χ1) is 7.29. The first-order valence-electron chi connectivity index (χ1n) is 5.51. The van der Waals surface area contributed by atoms with Crippen molar-refractivity contribution in [1.82, 2.24) is 4.90 Å². The van der Waals surface area contributed by atoms with Crippen LogP contribution in [0.15, 0.2) is 30.3 Å². The largest absolute Gasteiger partial charge is 0.390 e. The van der Waals surface area contributed by atoms with Crippen molar-refractivity contribution in [2.45, 2.75) is 19.1 Å². The van der Waals surface area contributed by atoms with Crippen molar-refractivity contribution in [1.29, 1.82) is 0 Å². The van der Waals surface area contributed by atoms with E-state index in [0.29, 0.717) is 0 Å². The fourth-order valence-corrected chi connectivity index (χ4v) is 2.01. The van der Waals surface area contributed by atoms with Crippen LogP contribution in [0, 0.1) is 0 Å². The average Bonchev–Trinajstić information content (AvgIpc) is 2.61. The van der Waals surface area contributed by atoms with Crippen LogP contribution < -0.4 is 5.32 Å². The summed E-state index contributed by atoms with van der Waals surface area (Å²) in [5, 5.41) is 13.2. The number of rotatable bonds is 3. The molecule has 2 atom stereocenters. The van der Waals surface area contributed by atoms with Crippen molar-refractivity contribution in [2.24, 2.45) is 0 Å². The van der Waals surface area contributed by atoms with Crippen LogP contribution >= 0.6 is 0 Å². The summed E-state index contributed by atoms with van der Waals surface area (Å²) in [5.74, 6) is 0. The fraction of sp³-hybridized carbons (Fsp3) is 0.500. The van der Waals surface area contributed by atoms with E-state index in [1.165, 1.54) is 0 Å². The van der Waals surface area contributed by atoms with E-state index in [4.69, 9.17) is 0 Å². The molecule has 0 aliphatic carbocycles. The molecule has 2 N–H and O–H groups in total. The maximum Gasteiger partial charge on any atom is 0.0880 e. The van der Waals surface area contributed by atoms with Gasteiger partial charge in [0.2, 0.25) is 0 Å². The molecule has 3 heteroatoms. The molecule has 2 unspecified atom stereocenters. The predicted octanol–water partition coefficient (Wildman–Crippen LogP) is 1.16. The molecule has 3 nitrogen and oxygen atoms in total. The molecule has 0 saturated carbocycles. The molecule has 1 aliphatic heterocycles. The second kappa shape index (κ2) is 4.64. The van der Waals surface area contributed by atoms with Crippen molar-refractivity contribution >= 4 is 5.69 Å². The molecule has 1 fully saturated rings. The highest BCUT2D eigenvalue weighted by molar-refractivity contribution is 5.44. The molecule has 1 heterocycles. The third kappa shape index (κ3) is 2.49. The van der Waals surface area contributed by atoms with Crippen LogP contribution in [0.5, 0.6) is 0 Å². The quantitative estimate of drug-likeness (QED) is 0.779. The number of nitrogens with one attached hydrogen (secondary N) is 1. The Morgan fingerprint density at radius 3 is 2.67 bits per heavy atom. The number of likely N-dealkylation sites (tertiary alicyclic amines) is 1. The van der Waals surface area contributed by atoms with Crippen molar-refractivity contribution in [2.75, 3.05) is 25.0 Å². The van der Waals surface area contributed by atoms with Crippen LogP contribution in [0.25, 0.3) is 0 Å². The third-order valence-electron chi connectivity index (χ3n) is 2.94. The van der Waals surface area contributed by atoms with E-state index in [1.54, 1.807) is 0 Å². The van der Waals surface area contributed by atoms with E-state index in [9.17, 15) is 5.11 Å². The summed E-state index contributed by atoms with van der Waals surface area (Å²) in [4.78, 5) is 2.26. The number of anilines is 1. The Balaban J connectivity index is 1.96. The van der Waals surface area contributed by atoms with Crippen LogP contribution in [-0.2, 0) is 0 Å². The fourth-order valence-electron chi connectivity index (χ4n) is 2.01. The number of benzene rings is 1. The van der Waals surface area contributed by atoms with Gasteiger partial charge in [0.05, 0.1) is 12.1 Å². The third-order valence-corrected chi connectivity index (χ3v) is 2.94. The number of hydrogen-bond acceptors (Lipinski definition) is 3. The van der Waals surface area contributed by atoms with Gasteiger partial charge in [0.15, 0.2) is 0 Å². The Morgan fingerprint density at radius 1 is 1.33 bits per heavy atom. The second-order valence-electron chi connectivity index (χ2n) is 4.04. The summed E-state index contributed by atoms with van der Waals surface area (Å²) < 4.78 is 0. The molecule has 0 spiro atoms. The summed E-state index contributed by atoms with van der Waals surface area (Å²) in [6.45, 7) is 4.83. The first kappa shape index (κ1) is 10.5. The SMILES string of the molecule is CCN1CC(O)C(Nc2ccccc2)C1. The second-order valence-corrected chi connectivity index (χ2v) is 4.04.